The molecule has 1 aromatic carbocycles. The zero-order valence-corrected chi connectivity index (χ0v) is 11.0. The molecule has 0 aromatic heterocycles. The van der Waals surface area contributed by atoms with Crippen LogP contribution in [0.25, 0.3) is 0 Å². The molecule has 0 bridgehead atoms. The van der Waals surface area contributed by atoms with Crippen LogP contribution in [0.4, 0.5) is 0 Å². The van der Waals surface area contributed by atoms with E-state index in [0.717, 1.165) is 0 Å². The van der Waals surface area contributed by atoms with E-state index < -0.39 is 15.9 Å². The van der Waals surface area contributed by atoms with Crippen molar-refractivity contribution in [1.29, 1.82) is 0 Å². The fourth-order valence-electron chi connectivity index (χ4n) is 1.23. The number of amides is 1. The van der Waals surface area contributed by atoms with Gasteiger partial charge in [-0.1, -0.05) is 11.6 Å². The standard InChI is InChI=1S/C10H13ClN2O4S/c11-8-6-7(2-3-9(8)14)10(15)13-4-1-5-18(12,16)17/h2-3,6,14H,1,4-5H2,(H,13,15)(H2,12,16,17). The number of hydrogen-bond acceptors (Lipinski definition) is 4. The zero-order valence-electron chi connectivity index (χ0n) is 9.39. The van der Waals surface area contributed by atoms with E-state index in [-0.39, 0.29) is 35.1 Å². The molecule has 18 heavy (non-hydrogen) atoms. The fraction of sp³-hybridized carbons (Fsp3) is 0.300. The summed E-state index contributed by atoms with van der Waals surface area (Å²) in [5, 5.41) is 16.6. The topological polar surface area (TPSA) is 109 Å². The quantitative estimate of drug-likeness (QED) is 0.685. The Morgan fingerprint density at radius 2 is 2.11 bits per heavy atom. The summed E-state index contributed by atoms with van der Waals surface area (Å²) in [5.41, 5.74) is 0.286. The highest BCUT2D eigenvalue weighted by atomic mass is 35.5. The van der Waals surface area contributed by atoms with E-state index in [0.29, 0.717) is 0 Å². The molecule has 0 atom stereocenters. The van der Waals surface area contributed by atoms with Crippen LogP contribution in [0.15, 0.2) is 18.2 Å². The van der Waals surface area contributed by atoms with Crippen LogP contribution in [-0.2, 0) is 10.0 Å². The smallest absolute Gasteiger partial charge is 0.251 e. The van der Waals surface area contributed by atoms with Crippen molar-refractivity contribution in [3.05, 3.63) is 28.8 Å². The second kappa shape index (κ2) is 6.03. The Morgan fingerprint density at radius 3 is 2.67 bits per heavy atom. The number of carbonyl (C=O) groups excluding carboxylic acids is 1. The first-order chi connectivity index (χ1) is 8.29. The van der Waals surface area contributed by atoms with Gasteiger partial charge in [-0.3, -0.25) is 4.79 Å². The third kappa shape index (κ3) is 4.91. The van der Waals surface area contributed by atoms with Crippen molar-refractivity contribution in [3.63, 3.8) is 0 Å². The van der Waals surface area contributed by atoms with Crippen molar-refractivity contribution in [1.82, 2.24) is 5.32 Å². The van der Waals surface area contributed by atoms with Crippen molar-refractivity contribution in [2.45, 2.75) is 6.42 Å². The molecule has 0 unspecified atom stereocenters. The number of primary sulfonamides is 1. The number of benzene rings is 1. The van der Waals surface area contributed by atoms with Gasteiger partial charge in [-0.25, -0.2) is 13.6 Å². The lowest BCUT2D eigenvalue weighted by Gasteiger charge is -2.05. The van der Waals surface area contributed by atoms with Crippen molar-refractivity contribution < 1.29 is 18.3 Å². The van der Waals surface area contributed by atoms with Crippen molar-refractivity contribution >= 4 is 27.5 Å². The van der Waals surface area contributed by atoms with E-state index in [4.69, 9.17) is 16.7 Å². The Bertz CT molecular complexity index is 545. The molecule has 1 aromatic rings. The maximum Gasteiger partial charge on any atom is 0.251 e. The van der Waals surface area contributed by atoms with E-state index in [9.17, 15) is 18.3 Å². The van der Waals surface area contributed by atoms with Gasteiger partial charge in [0, 0.05) is 12.1 Å². The van der Waals surface area contributed by atoms with Gasteiger partial charge in [-0.15, -0.1) is 0 Å². The summed E-state index contributed by atoms with van der Waals surface area (Å²) in [5.74, 6) is -0.697. The molecule has 0 aliphatic carbocycles. The number of carbonyl (C=O) groups is 1. The lowest BCUT2D eigenvalue weighted by molar-refractivity contribution is 0.0953. The van der Waals surface area contributed by atoms with Gasteiger partial charge in [0.25, 0.3) is 5.91 Å². The molecule has 8 heteroatoms. The van der Waals surface area contributed by atoms with Crippen molar-refractivity contribution in [3.8, 4) is 5.75 Å². The normalized spacial score (nSPS) is 11.2. The molecule has 0 saturated carbocycles. The second-order valence-electron chi connectivity index (χ2n) is 3.64. The van der Waals surface area contributed by atoms with E-state index >= 15 is 0 Å². The molecule has 0 spiro atoms. The highest BCUT2D eigenvalue weighted by Crippen LogP contribution is 2.23. The van der Waals surface area contributed by atoms with Gasteiger partial charge >= 0.3 is 0 Å². The third-order valence-corrected chi connectivity index (χ3v) is 3.26. The molecule has 1 rings (SSSR count). The Labute approximate surface area is 110 Å². The molecule has 100 valence electrons. The van der Waals surface area contributed by atoms with E-state index in [1.54, 1.807) is 0 Å². The zero-order chi connectivity index (χ0) is 13.8. The Hall–Kier alpha value is -1.31. The molecule has 1 amide bonds. The first-order valence-corrected chi connectivity index (χ1v) is 7.16. The van der Waals surface area contributed by atoms with Gasteiger partial charge in [0.2, 0.25) is 10.0 Å². The highest BCUT2D eigenvalue weighted by molar-refractivity contribution is 7.89. The first-order valence-electron chi connectivity index (χ1n) is 5.07. The van der Waals surface area contributed by atoms with Crippen LogP contribution in [0.1, 0.15) is 16.8 Å². The number of rotatable bonds is 5. The number of phenols is 1. The first kappa shape index (κ1) is 14.7. The van der Waals surface area contributed by atoms with Gasteiger partial charge < -0.3 is 10.4 Å². The van der Waals surface area contributed by atoms with Gasteiger partial charge in [-0.05, 0) is 24.6 Å². The molecular formula is C10H13ClN2O4S. The summed E-state index contributed by atoms with van der Waals surface area (Å²) in [4.78, 5) is 11.6. The largest absolute Gasteiger partial charge is 0.506 e. The molecule has 0 saturated heterocycles. The minimum absolute atomic E-state index is 0.0761. The SMILES string of the molecule is NS(=O)(=O)CCCNC(=O)c1ccc(O)c(Cl)c1. The van der Waals surface area contributed by atoms with Gasteiger partial charge in [0.15, 0.2) is 0 Å². The van der Waals surface area contributed by atoms with Crippen LogP contribution in [0.5, 0.6) is 5.75 Å². The molecule has 6 nitrogen and oxygen atoms in total. The molecule has 0 heterocycles. The van der Waals surface area contributed by atoms with Crippen LogP contribution >= 0.6 is 11.6 Å². The number of aromatic hydroxyl groups is 1. The van der Waals surface area contributed by atoms with Gasteiger partial charge in [-0.2, -0.15) is 0 Å². The lowest BCUT2D eigenvalue weighted by atomic mass is 10.2. The number of nitrogens with two attached hydrogens (primary N) is 1. The average Bonchev–Trinajstić information content (AvgIpc) is 2.26. The second-order valence-corrected chi connectivity index (χ2v) is 5.78. The third-order valence-electron chi connectivity index (χ3n) is 2.10. The molecule has 4 N–H and O–H groups in total. The Morgan fingerprint density at radius 1 is 1.44 bits per heavy atom. The molecule has 0 fully saturated rings. The number of sulfonamides is 1. The van der Waals surface area contributed by atoms with Crippen LogP contribution in [0.2, 0.25) is 5.02 Å². The van der Waals surface area contributed by atoms with Crippen LogP contribution in [0, 0.1) is 0 Å². The van der Waals surface area contributed by atoms with E-state index in [1.807, 2.05) is 0 Å². The predicted octanol–water partition coefficient (Wildman–Crippen LogP) is 0.454. The van der Waals surface area contributed by atoms with Crippen molar-refractivity contribution in [2.75, 3.05) is 12.3 Å². The number of phenolic OH excluding ortho intramolecular Hbond substituents is 1. The molecule has 0 aliphatic rings. The van der Waals surface area contributed by atoms with E-state index in [1.165, 1.54) is 18.2 Å². The number of hydrogen-bond donors (Lipinski definition) is 3. The predicted molar refractivity (Wildman–Crippen MR) is 68.0 cm³/mol. The Kier molecular flexibility index (Phi) is 4.94. The minimum atomic E-state index is -3.50. The maximum absolute atomic E-state index is 11.6. The molecule has 0 radical (unpaired) electrons. The van der Waals surface area contributed by atoms with Gasteiger partial charge in [0.1, 0.15) is 5.75 Å². The average molecular weight is 293 g/mol. The summed E-state index contributed by atoms with van der Waals surface area (Å²) in [6.45, 7) is 0.188. The summed E-state index contributed by atoms with van der Waals surface area (Å²) in [6.07, 6.45) is 0.233. The molecular weight excluding hydrogens is 280 g/mol. The van der Waals surface area contributed by atoms with E-state index in [2.05, 4.69) is 5.32 Å². The Balaban J connectivity index is 2.48. The summed E-state index contributed by atoms with van der Waals surface area (Å²) in [7, 11) is -3.50. The summed E-state index contributed by atoms with van der Waals surface area (Å²) in [6, 6.07) is 4.05. The fourth-order valence-corrected chi connectivity index (χ4v) is 1.95. The van der Waals surface area contributed by atoms with Gasteiger partial charge in [0.05, 0.1) is 10.8 Å². The summed E-state index contributed by atoms with van der Waals surface area (Å²) >= 11 is 5.65. The number of nitrogens with one attached hydrogen (secondary N) is 1. The summed E-state index contributed by atoms with van der Waals surface area (Å²) < 4.78 is 21.3. The van der Waals surface area contributed by atoms with Crippen molar-refractivity contribution in [2.24, 2.45) is 5.14 Å². The highest BCUT2D eigenvalue weighted by Gasteiger charge is 2.08. The minimum Gasteiger partial charge on any atom is -0.506 e. The van der Waals surface area contributed by atoms with Crippen LogP contribution in [0.3, 0.4) is 0 Å². The van der Waals surface area contributed by atoms with Crippen LogP contribution in [-0.4, -0.2) is 31.7 Å². The number of halogens is 1. The lowest BCUT2D eigenvalue weighted by Crippen LogP contribution is -2.27. The molecule has 0 aliphatic heterocycles. The maximum atomic E-state index is 11.6. The monoisotopic (exact) mass is 292 g/mol. The van der Waals surface area contributed by atoms with Crippen LogP contribution < -0.4 is 10.5 Å².